The van der Waals surface area contributed by atoms with E-state index in [0.29, 0.717) is 5.56 Å². The van der Waals surface area contributed by atoms with Crippen LogP contribution in [-0.4, -0.2) is 4.98 Å². The first-order valence-electron chi connectivity index (χ1n) is 3.34. The van der Waals surface area contributed by atoms with Crippen molar-refractivity contribution in [3.8, 4) is 6.07 Å². The van der Waals surface area contributed by atoms with Crippen molar-refractivity contribution < 1.29 is 0 Å². The van der Waals surface area contributed by atoms with E-state index in [9.17, 15) is 0 Å². The summed E-state index contributed by atoms with van der Waals surface area (Å²) >= 11 is 0. The molecule has 56 valence electrons. The Kier molecular flexibility index (Phi) is 2.19. The van der Waals surface area contributed by atoms with Gasteiger partial charge in [0, 0.05) is 18.4 Å². The summed E-state index contributed by atoms with van der Waals surface area (Å²) in [4.78, 5) is 3.87. The van der Waals surface area contributed by atoms with Gasteiger partial charge in [0.15, 0.2) is 0 Å². The van der Waals surface area contributed by atoms with Crippen LogP contribution >= 0.6 is 0 Å². The van der Waals surface area contributed by atoms with Crippen molar-refractivity contribution in [1.82, 2.24) is 4.98 Å². The molecule has 0 aliphatic heterocycles. The Morgan fingerprint density at radius 1 is 1.64 bits per heavy atom. The zero-order chi connectivity index (χ0) is 8.27. The molecule has 1 aromatic heterocycles. The SMILES string of the molecule is CC(N)c1cncc(C#N)c1. The molecule has 0 fully saturated rings. The van der Waals surface area contributed by atoms with E-state index in [1.54, 1.807) is 12.3 Å². The first-order chi connectivity index (χ1) is 5.24. The summed E-state index contributed by atoms with van der Waals surface area (Å²) < 4.78 is 0. The third-order valence-electron chi connectivity index (χ3n) is 1.41. The fraction of sp³-hybridized carbons (Fsp3) is 0.250. The van der Waals surface area contributed by atoms with Crippen molar-refractivity contribution in [2.24, 2.45) is 5.73 Å². The molecule has 0 saturated carbocycles. The fourth-order valence-corrected chi connectivity index (χ4v) is 0.768. The van der Waals surface area contributed by atoms with Gasteiger partial charge in [-0.2, -0.15) is 5.26 Å². The fourth-order valence-electron chi connectivity index (χ4n) is 0.768. The Morgan fingerprint density at radius 3 is 2.91 bits per heavy atom. The smallest absolute Gasteiger partial charge is 0.101 e. The molecule has 0 bridgehead atoms. The number of rotatable bonds is 1. The number of pyridine rings is 1. The number of aromatic nitrogens is 1. The third-order valence-corrected chi connectivity index (χ3v) is 1.41. The molecule has 0 spiro atoms. The summed E-state index contributed by atoms with van der Waals surface area (Å²) in [5.74, 6) is 0. The van der Waals surface area contributed by atoms with Gasteiger partial charge in [-0.25, -0.2) is 0 Å². The highest BCUT2D eigenvalue weighted by Crippen LogP contribution is 2.08. The third kappa shape index (κ3) is 1.76. The van der Waals surface area contributed by atoms with Crippen LogP contribution < -0.4 is 5.73 Å². The lowest BCUT2D eigenvalue weighted by molar-refractivity contribution is 0.811. The molecule has 0 aliphatic rings. The van der Waals surface area contributed by atoms with Crippen LogP contribution in [0.3, 0.4) is 0 Å². The van der Waals surface area contributed by atoms with Crippen LogP contribution in [0.2, 0.25) is 0 Å². The van der Waals surface area contributed by atoms with E-state index >= 15 is 0 Å². The highest BCUT2D eigenvalue weighted by atomic mass is 14.7. The monoisotopic (exact) mass is 147 g/mol. The molecule has 0 saturated heterocycles. The topological polar surface area (TPSA) is 62.7 Å². The minimum Gasteiger partial charge on any atom is -0.324 e. The van der Waals surface area contributed by atoms with E-state index in [2.05, 4.69) is 4.98 Å². The number of hydrogen-bond donors (Lipinski definition) is 1. The van der Waals surface area contributed by atoms with E-state index in [4.69, 9.17) is 11.0 Å². The Morgan fingerprint density at radius 2 is 2.36 bits per heavy atom. The van der Waals surface area contributed by atoms with Gasteiger partial charge in [-0.3, -0.25) is 4.98 Å². The number of hydrogen-bond acceptors (Lipinski definition) is 3. The lowest BCUT2D eigenvalue weighted by Crippen LogP contribution is -2.05. The van der Waals surface area contributed by atoms with Crippen LogP contribution in [0.15, 0.2) is 18.5 Å². The van der Waals surface area contributed by atoms with Gasteiger partial charge in [0.25, 0.3) is 0 Å². The molecule has 0 aromatic carbocycles. The van der Waals surface area contributed by atoms with Crippen molar-refractivity contribution in [3.05, 3.63) is 29.6 Å². The van der Waals surface area contributed by atoms with Gasteiger partial charge in [-0.1, -0.05) is 0 Å². The average Bonchev–Trinajstić information content (AvgIpc) is 2.05. The van der Waals surface area contributed by atoms with Gasteiger partial charge >= 0.3 is 0 Å². The summed E-state index contributed by atoms with van der Waals surface area (Å²) in [7, 11) is 0. The summed E-state index contributed by atoms with van der Waals surface area (Å²) in [5.41, 5.74) is 7.04. The molecular weight excluding hydrogens is 138 g/mol. The maximum absolute atomic E-state index is 8.51. The van der Waals surface area contributed by atoms with Crippen LogP contribution in [0, 0.1) is 11.3 Å². The molecule has 0 aliphatic carbocycles. The highest BCUT2D eigenvalue weighted by molar-refractivity contribution is 5.30. The first kappa shape index (κ1) is 7.70. The second kappa shape index (κ2) is 3.13. The molecule has 3 heteroatoms. The van der Waals surface area contributed by atoms with Crippen LogP contribution in [0.5, 0.6) is 0 Å². The second-order valence-electron chi connectivity index (χ2n) is 2.41. The van der Waals surface area contributed by atoms with Gasteiger partial charge in [-0.15, -0.1) is 0 Å². The van der Waals surface area contributed by atoms with E-state index in [1.165, 1.54) is 6.20 Å². The predicted molar refractivity (Wildman–Crippen MR) is 41.6 cm³/mol. The Labute approximate surface area is 65.5 Å². The zero-order valence-corrected chi connectivity index (χ0v) is 6.28. The predicted octanol–water partition coefficient (Wildman–Crippen LogP) is 0.973. The van der Waals surface area contributed by atoms with Gasteiger partial charge < -0.3 is 5.73 Å². The minimum atomic E-state index is -0.0594. The summed E-state index contributed by atoms with van der Waals surface area (Å²) in [6, 6.07) is 3.69. The highest BCUT2D eigenvalue weighted by Gasteiger charge is 1.99. The molecule has 0 amide bonds. The van der Waals surface area contributed by atoms with Gasteiger partial charge in [0.2, 0.25) is 0 Å². The summed E-state index contributed by atoms with van der Waals surface area (Å²) in [6.45, 7) is 1.86. The standard InChI is InChI=1S/C8H9N3/c1-6(10)8-2-7(3-9)4-11-5-8/h2,4-6H,10H2,1H3. The van der Waals surface area contributed by atoms with Gasteiger partial charge in [-0.05, 0) is 18.6 Å². The quantitative estimate of drug-likeness (QED) is 0.643. The van der Waals surface area contributed by atoms with Crippen molar-refractivity contribution >= 4 is 0 Å². The van der Waals surface area contributed by atoms with Crippen LogP contribution in [0.25, 0.3) is 0 Å². The normalized spacial score (nSPS) is 12.1. The van der Waals surface area contributed by atoms with Crippen LogP contribution in [0.1, 0.15) is 24.1 Å². The summed E-state index contributed by atoms with van der Waals surface area (Å²) in [5, 5.41) is 8.51. The molecule has 3 nitrogen and oxygen atoms in total. The Balaban J connectivity index is 3.03. The maximum Gasteiger partial charge on any atom is 0.101 e. The summed E-state index contributed by atoms with van der Waals surface area (Å²) in [6.07, 6.45) is 3.19. The van der Waals surface area contributed by atoms with Crippen LogP contribution in [0.4, 0.5) is 0 Å². The molecule has 1 atom stereocenters. The first-order valence-corrected chi connectivity index (χ1v) is 3.34. The van der Waals surface area contributed by atoms with E-state index in [0.717, 1.165) is 5.56 Å². The van der Waals surface area contributed by atoms with Crippen molar-refractivity contribution in [2.45, 2.75) is 13.0 Å². The van der Waals surface area contributed by atoms with Crippen LogP contribution in [-0.2, 0) is 0 Å². The van der Waals surface area contributed by atoms with Gasteiger partial charge in [0.1, 0.15) is 6.07 Å². The maximum atomic E-state index is 8.51. The minimum absolute atomic E-state index is 0.0594. The molecule has 11 heavy (non-hydrogen) atoms. The number of nitriles is 1. The van der Waals surface area contributed by atoms with E-state index < -0.39 is 0 Å². The molecule has 1 aromatic rings. The Bertz CT molecular complexity index is 286. The van der Waals surface area contributed by atoms with Crippen molar-refractivity contribution in [1.29, 1.82) is 5.26 Å². The van der Waals surface area contributed by atoms with Crippen molar-refractivity contribution in [3.63, 3.8) is 0 Å². The lowest BCUT2D eigenvalue weighted by Gasteiger charge is -2.02. The van der Waals surface area contributed by atoms with E-state index in [-0.39, 0.29) is 6.04 Å². The average molecular weight is 147 g/mol. The molecule has 1 unspecified atom stereocenters. The Hall–Kier alpha value is -1.40. The van der Waals surface area contributed by atoms with Crippen molar-refractivity contribution in [2.75, 3.05) is 0 Å². The van der Waals surface area contributed by atoms with E-state index in [1.807, 2.05) is 13.0 Å². The molecule has 1 rings (SSSR count). The molecule has 2 N–H and O–H groups in total. The largest absolute Gasteiger partial charge is 0.324 e. The zero-order valence-electron chi connectivity index (χ0n) is 6.28. The number of nitrogens with zero attached hydrogens (tertiary/aromatic N) is 2. The van der Waals surface area contributed by atoms with Gasteiger partial charge in [0.05, 0.1) is 5.56 Å². The lowest BCUT2D eigenvalue weighted by atomic mass is 10.1. The molecule has 0 radical (unpaired) electrons. The molecule has 1 heterocycles. The second-order valence-corrected chi connectivity index (χ2v) is 2.41. The number of nitrogens with two attached hydrogens (primary N) is 1. The molecular formula is C8H9N3.